The fourth-order valence-corrected chi connectivity index (χ4v) is 1.79. The zero-order valence-electron chi connectivity index (χ0n) is 10.5. The van der Waals surface area contributed by atoms with Gasteiger partial charge in [0.05, 0.1) is 12.6 Å². The Labute approximate surface area is 96.8 Å². The zero-order valence-corrected chi connectivity index (χ0v) is 10.5. The molecule has 1 rings (SSSR count). The quantitative estimate of drug-likeness (QED) is 0.722. The van der Waals surface area contributed by atoms with E-state index in [4.69, 9.17) is 4.74 Å². The van der Waals surface area contributed by atoms with Crippen molar-refractivity contribution in [1.29, 1.82) is 0 Å². The van der Waals surface area contributed by atoms with Gasteiger partial charge in [-0.3, -0.25) is 0 Å². The first-order chi connectivity index (χ1) is 7.33. The molecule has 1 aliphatic rings. The van der Waals surface area contributed by atoms with Crippen LogP contribution in [0, 0.1) is 5.92 Å². The lowest BCUT2D eigenvalue weighted by molar-refractivity contribution is 0.0270. The Hall–Kier alpha value is -0.810. The minimum absolute atomic E-state index is 0.0949. The Bertz CT molecular complexity index is 250. The average molecular weight is 230 g/mol. The number of rotatable bonds is 2. The second kappa shape index (κ2) is 5.01. The van der Waals surface area contributed by atoms with Gasteiger partial charge in [0.2, 0.25) is 0 Å². The molecular weight excluding hydrogens is 208 g/mol. The lowest BCUT2D eigenvalue weighted by atomic mass is 10.1. The third kappa shape index (κ3) is 3.64. The van der Waals surface area contributed by atoms with Crippen LogP contribution in [0.5, 0.6) is 0 Å². The summed E-state index contributed by atoms with van der Waals surface area (Å²) in [5.41, 5.74) is -0.483. The maximum Gasteiger partial charge on any atom is 0.410 e. The molecule has 0 radical (unpaired) electrons. The van der Waals surface area contributed by atoms with E-state index in [1.54, 1.807) is 4.90 Å². The van der Waals surface area contributed by atoms with Crippen LogP contribution in [0.3, 0.4) is 0 Å². The molecular formula is C11H22N2O3. The SMILES string of the molecule is CNC[C@@H]1CN(C(=O)OC(C)(C)C)C[C@H]1O. The number of aliphatic hydroxyl groups is 1. The van der Waals surface area contributed by atoms with Crippen LogP contribution in [-0.2, 0) is 4.74 Å². The Morgan fingerprint density at radius 3 is 2.62 bits per heavy atom. The van der Waals surface area contributed by atoms with Crippen molar-refractivity contribution < 1.29 is 14.6 Å². The predicted octanol–water partition coefficient (Wildman–Crippen LogP) is 0.434. The van der Waals surface area contributed by atoms with Crippen molar-refractivity contribution in [1.82, 2.24) is 10.2 Å². The molecule has 0 aliphatic carbocycles. The van der Waals surface area contributed by atoms with Crippen molar-refractivity contribution >= 4 is 6.09 Å². The van der Waals surface area contributed by atoms with Crippen molar-refractivity contribution in [2.24, 2.45) is 5.92 Å². The van der Waals surface area contributed by atoms with Gasteiger partial charge in [0.15, 0.2) is 0 Å². The van der Waals surface area contributed by atoms with Gasteiger partial charge in [-0.15, -0.1) is 0 Å². The fraction of sp³-hybridized carbons (Fsp3) is 0.909. The summed E-state index contributed by atoms with van der Waals surface area (Å²) < 4.78 is 5.25. The molecule has 0 bridgehead atoms. The molecule has 0 unspecified atom stereocenters. The molecule has 1 fully saturated rings. The summed E-state index contributed by atoms with van der Waals surface area (Å²) in [7, 11) is 1.84. The summed E-state index contributed by atoms with van der Waals surface area (Å²) in [5.74, 6) is 0.0949. The highest BCUT2D eigenvalue weighted by Gasteiger charge is 2.35. The third-order valence-electron chi connectivity index (χ3n) is 2.52. The number of aliphatic hydroxyl groups excluding tert-OH is 1. The van der Waals surface area contributed by atoms with Gasteiger partial charge in [-0.25, -0.2) is 4.79 Å². The molecule has 0 saturated carbocycles. The van der Waals surface area contributed by atoms with Crippen molar-refractivity contribution in [3.63, 3.8) is 0 Å². The van der Waals surface area contributed by atoms with E-state index in [1.807, 2.05) is 27.8 Å². The first kappa shape index (κ1) is 13.3. The van der Waals surface area contributed by atoms with Gasteiger partial charge in [-0.05, 0) is 27.8 Å². The van der Waals surface area contributed by atoms with Gasteiger partial charge in [-0.2, -0.15) is 0 Å². The molecule has 2 N–H and O–H groups in total. The highest BCUT2D eigenvalue weighted by molar-refractivity contribution is 5.68. The molecule has 94 valence electrons. The van der Waals surface area contributed by atoms with Crippen LogP contribution in [-0.4, -0.2) is 54.5 Å². The molecule has 1 saturated heterocycles. The van der Waals surface area contributed by atoms with Crippen LogP contribution in [0.15, 0.2) is 0 Å². The summed E-state index contributed by atoms with van der Waals surface area (Å²) in [5, 5.41) is 12.8. The van der Waals surface area contributed by atoms with Gasteiger partial charge < -0.3 is 20.1 Å². The van der Waals surface area contributed by atoms with E-state index in [-0.39, 0.29) is 12.0 Å². The van der Waals surface area contributed by atoms with Gasteiger partial charge in [-0.1, -0.05) is 0 Å². The second-order valence-electron chi connectivity index (χ2n) is 5.27. The number of ether oxygens (including phenoxy) is 1. The molecule has 0 aromatic heterocycles. The average Bonchev–Trinajstić information content (AvgIpc) is 2.46. The molecule has 2 atom stereocenters. The van der Waals surface area contributed by atoms with Crippen molar-refractivity contribution in [3.8, 4) is 0 Å². The van der Waals surface area contributed by atoms with Crippen molar-refractivity contribution in [2.45, 2.75) is 32.5 Å². The van der Waals surface area contributed by atoms with E-state index >= 15 is 0 Å². The Morgan fingerprint density at radius 2 is 2.12 bits per heavy atom. The third-order valence-corrected chi connectivity index (χ3v) is 2.52. The van der Waals surface area contributed by atoms with E-state index in [0.717, 1.165) is 0 Å². The molecule has 0 aromatic rings. The summed E-state index contributed by atoms with van der Waals surface area (Å²) in [6.07, 6.45) is -0.801. The summed E-state index contributed by atoms with van der Waals surface area (Å²) >= 11 is 0. The molecule has 0 aromatic carbocycles. The number of nitrogens with one attached hydrogen (secondary N) is 1. The van der Waals surface area contributed by atoms with Crippen LogP contribution in [0.2, 0.25) is 0 Å². The van der Waals surface area contributed by atoms with Gasteiger partial charge in [0.1, 0.15) is 5.60 Å². The summed E-state index contributed by atoms with van der Waals surface area (Å²) in [4.78, 5) is 13.3. The number of carbonyl (C=O) groups excluding carboxylic acids is 1. The van der Waals surface area contributed by atoms with Crippen molar-refractivity contribution in [3.05, 3.63) is 0 Å². The standard InChI is InChI=1S/C11H22N2O3/c1-11(2,3)16-10(15)13-6-8(5-12-4)9(14)7-13/h8-9,12,14H,5-7H2,1-4H3/t8-,9-/m1/s1. The zero-order chi connectivity index (χ0) is 12.3. The lowest BCUT2D eigenvalue weighted by Gasteiger charge is -2.24. The molecule has 1 aliphatic heterocycles. The number of carbonyl (C=O) groups is 1. The lowest BCUT2D eigenvalue weighted by Crippen LogP contribution is -2.36. The van der Waals surface area contributed by atoms with Crippen LogP contribution in [0.1, 0.15) is 20.8 Å². The van der Waals surface area contributed by atoms with Crippen LogP contribution >= 0.6 is 0 Å². The molecule has 5 nitrogen and oxygen atoms in total. The maximum absolute atomic E-state index is 11.7. The van der Waals surface area contributed by atoms with Gasteiger partial charge >= 0.3 is 6.09 Å². The van der Waals surface area contributed by atoms with Crippen LogP contribution in [0.25, 0.3) is 0 Å². The Balaban J connectivity index is 2.48. The topological polar surface area (TPSA) is 61.8 Å². The number of hydrogen-bond donors (Lipinski definition) is 2. The van der Waals surface area contributed by atoms with Crippen LogP contribution < -0.4 is 5.32 Å². The predicted molar refractivity (Wildman–Crippen MR) is 61.2 cm³/mol. The van der Waals surface area contributed by atoms with Gasteiger partial charge in [0.25, 0.3) is 0 Å². The van der Waals surface area contributed by atoms with Gasteiger partial charge in [0, 0.05) is 19.0 Å². The smallest absolute Gasteiger partial charge is 0.410 e. The molecule has 16 heavy (non-hydrogen) atoms. The number of hydrogen-bond acceptors (Lipinski definition) is 4. The maximum atomic E-state index is 11.7. The number of likely N-dealkylation sites (tertiary alicyclic amines) is 1. The Kier molecular flexibility index (Phi) is 4.15. The van der Waals surface area contributed by atoms with E-state index in [1.165, 1.54) is 0 Å². The first-order valence-corrected chi connectivity index (χ1v) is 5.64. The molecule has 5 heteroatoms. The Morgan fingerprint density at radius 1 is 1.50 bits per heavy atom. The number of amides is 1. The van der Waals surface area contributed by atoms with E-state index in [9.17, 15) is 9.90 Å². The number of β-amino-alcohol motifs (C(OH)–C–C–N with tert-alkyl or cyclic N) is 1. The van der Waals surface area contributed by atoms with E-state index in [2.05, 4.69) is 5.32 Å². The summed E-state index contributed by atoms with van der Waals surface area (Å²) in [6.45, 7) is 7.13. The minimum Gasteiger partial charge on any atom is -0.444 e. The summed E-state index contributed by atoms with van der Waals surface area (Å²) in [6, 6.07) is 0. The highest BCUT2D eigenvalue weighted by Crippen LogP contribution is 2.19. The highest BCUT2D eigenvalue weighted by atomic mass is 16.6. The largest absolute Gasteiger partial charge is 0.444 e. The molecule has 1 heterocycles. The first-order valence-electron chi connectivity index (χ1n) is 5.64. The monoisotopic (exact) mass is 230 g/mol. The van der Waals surface area contributed by atoms with Crippen LogP contribution in [0.4, 0.5) is 4.79 Å². The van der Waals surface area contributed by atoms with E-state index < -0.39 is 11.7 Å². The fourth-order valence-electron chi connectivity index (χ4n) is 1.79. The molecule has 0 spiro atoms. The normalized spacial score (nSPS) is 25.9. The second-order valence-corrected chi connectivity index (χ2v) is 5.27. The van der Waals surface area contributed by atoms with E-state index in [0.29, 0.717) is 19.6 Å². The number of nitrogens with zero attached hydrogens (tertiary/aromatic N) is 1. The minimum atomic E-state index is -0.483. The molecule has 1 amide bonds. The van der Waals surface area contributed by atoms with Crippen molar-refractivity contribution in [2.75, 3.05) is 26.7 Å².